The van der Waals surface area contributed by atoms with Crippen LogP contribution < -0.4 is 0 Å². The van der Waals surface area contributed by atoms with Gasteiger partial charge in [-0.3, -0.25) is 9.59 Å². The number of carbonyl (C=O) groups is 4. The molecule has 1 aromatic rings. The molecule has 0 unspecified atom stereocenters. The molecule has 0 aliphatic heterocycles. The third-order valence-electron chi connectivity index (χ3n) is 2.43. The van der Waals surface area contributed by atoms with E-state index in [0.717, 1.165) is 18.2 Å². The van der Waals surface area contributed by atoms with Crippen molar-refractivity contribution in [3.05, 3.63) is 41.3 Å². The van der Waals surface area contributed by atoms with Crippen LogP contribution in [0.2, 0.25) is 0 Å². The summed E-state index contributed by atoms with van der Waals surface area (Å²) in [5.74, 6) is -9.57. The molecule has 104 valence electrons. The predicted octanol–water partition coefficient (Wildman–Crippen LogP) is 0.0312. The zero-order valence-electron chi connectivity index (χ0n) is 9.81. The Labute approximate surface area is 111 Å². The van der Waals surface area contributed by atoms with Crippen molar-refractivity contribution >= 4 is 23.9 Å². The molecule has 0 saturated heterocycles. The Bertz CT molecular complexity index is 501. The molecule has 0 radical (unpaired) electrons. The van der Waals surface area contributed by atoms with Gasteiger partial charge < -0.3 is 20.4 Å². The van der Waals surface area contributed by atoms with Gasteiger partial charge in [-0.15, -0.1) is 0 Å². The Hall–Kier alpha value is -3.03. The number of hydrogen-bond acceptors (Lipinski definition) is 4. The summed E-state index contributed by atoms with van der Waals surface area (Å²) < 4.78 is 0. The van der Waals surface area contributed by atoms with Crippen molar-refractivity contribution in [2.24, 2.45) is 0 Å². The molecule has 0 saturated carbocycles. The van der Waals surface area contributed by atoms with Gasteiger partial charge in [0.25, 0.3) is 5.92 Å². The fourth-order valence-electron chi connectivity index (χ4n) is 1.60. The normalized spacial score (nSPS) is 10.1. The van der Waals surface area contributed by atoms with E-state index in [-0.39, 0.29) is 11.1 Å². The maximum Gasteiger partial charge on any atom is 0.402 e. The maximum absolute atomic E-state index is 10.9. The lowest BCUT2D eigenvalue weighted by atomic mass is 9.92. The summed E-state index contributed by atoms with van der Waals surface area (Å²) in [5, 5.41) is 35.2. The second-order valence-corrected chi connectivity index (χ2v) is 3.72. The third kappa shape index (κ3) is 3.05. The van der Waals surface area contributed by atoms with Gasteiger partial charge in [-0.1, -0.05) is 0 Å². The summed E-state index contributed by atoms with van der Waals surface area (Å²) in [6, 6.07) is 4.42. The van der Waals surface area contributed by atoms with E-state index in [1.807, 2.05) is 0 Å². The summed E-state index contributed by atoms with van der Waals surface area (Å²) in [6.07, 6.45) is 0. The highest BCUT2D eigenvalue weighted by atomic mass is 16.4. The summed E-state index contributed by atoms with van der Waals surface area (Å²) in [4.78, 5) is 43.4. The highest BCUT2D eigenvalue weighted by Crippen LogP contribution is 2.22. The average Bonchev–Trinajstić information content (AvgIpc) is 2.27. The van der Waals surface area contributed by atoms with E-state index in [1.165, 1.54) is 6.07 Å². The third-order valence-corrected chi connectivity index (χ3v) is 2.43. The van der Waals surface area contributed by atoms with E-state index in [1.54, 1.807) is 0 Å². The summed E-state index contributed by atoms with van der Waals surface area (Å²) in [5.41, 5.74) is -0.502. The first kappa shape index (κ1) is 15.0. The minimum atomic E-state index is -1.90. The lowest BCUT2D eigenvalue weighted by molar-refractivity contribution is -0.150. The number of carboxylic acid groups (broad SMARTS) is 4. The van der Waals surface area contributed by atoms with E-state index in [0.29, 0.717) is 0 Å². The smallest absolute Gasteiger partial charge is 0.402 e. The quantitative estimate of drug-likeness (QED) is 0.421. The van der Waals surface area contributed by atoms with E-state index < -0.39 is 35.7 Å². The Morgan fingerprint density at radius 3 is 1.80 bits per heavy atom. The second kappa shape index (κ2) is 5.74. The van der Waals surface area contributed by atoms with Crippen LogP contribution in [-0.2, 0) is 19.2 Å². The van der Waals surface area contributed by atoms with Crippen molar-refractivity contribution in [2.75, 3.05) is 0 Å². The molecule has 8 heteroatoms. The Morgan fingerprint density at radius 1 is 0.900 bits per heavy atom. The maximum atomic E-state index is 10.9. The van der Waals surface area contributed by atoms with E-state index in [2.05, 4.69) is 0 Å². The van der Waals surface area contributed by atoms with E-state index in [9.17, 15) is 19.2 Å². The second-order valence-electron chi connectivity index (χ2n) is 3.72. The minimum Gasteiger partial charge on any atom is -0.480 e. The number of rotatable bonds is 6. The molecule has 20 heavy (non-hydrogen) atoms. The van der Waals surface area contributed by atoms with Gasteiger partial charge in [0.15, 0.2) is 11.5 Å². The molecule has 0 amide bonds. The van der Waals surface area contributed by atoms with Gasteiger partial charge in [0, 0.05) is 11.6 Å². The van der Waals surface area contributed by atoms with Crippen LogP contribution in [0.3, 0.4) is 0 Å². The van der Waals surface area contributed by atoms with E-state index in [4.69, 9.17) is 20.4 Å². The summed E-state index contributed by atoms with van der Waals surface area (Å²) in [6.45, 7) is 0. The van der Waals surface area contributed by atoms with Gasteiger partial charge in [0.05, 0.1) is 6.07 Å². The minimum absolute atomic E-state index is 0.220. The molecule has 0 aliphatic rings. The first-order valence-corrected chi connectivity index (χ1v) is 5.15. The zero-order valence-corrected chi connectivity index (χ0v) is 9.81. The lowest BCUT2D eigenvalue weighted by Crippen LogP contribution is -2.24. The fraction of sp³-hybridized carbons (Fsp3) is 0.0833. The van der Waals surface area contributed by atoms with Crippen LogP contribution in [0.15, 0.2) is 24.3 Å². The monoisotopic (exact) mass is 281 g/mol. The topological polar surface area (TPSA) is 149 Å². The Balaban J connectivity index is 3.31. The molecule has 1 rings (SSSR count). The SMILES string of the molecule is O=C(O)[C+](C(=O)O)c1cccc(C(C(=O)O)C(=O)O)c1. The zero-order chi connectivity index (χ0) is 15.4. The average molecular weight is 281 g/mol. The van der Waals surface area contributed by atoms with Gasteiger partial charge in [-0.25, -0.2) is 9.59 Å². The van der Waals surface area contributed by atoms with Crippen LogP contribution in [0.4, 0.5) is 0 Å². The molecule has 8 nitrogen and oxygen atoms in total. The molecular formula is C12H9O8+. The van der Waals surface area contributed by atoms with Crippen LogP contribution in [0.1, 0.15) is 17.0 Å². The van der Waals surface area contributed by atoms with Crippen molar-refractivity contribution in [2.45, 2.75) is 5.92 Å². The molecule has 0 aromatic heterocycles. The lowest BCUT2D eigenvalue weighted by Gasteiger charge is -2.06. The molecule has 0 heterocycles. The first-order chi connectivity index (χ1) is 9.25. The van der Waals surface area contributed by atoms with Crippen LogP contribution in [-0.4, -0.2) is 44.3 Å². The van der Waals surface area contributed by atoms with Crippen LogP contribution in [0.5, 0.6) is 0 Å². The largest absolute Gasteiger partial charge is 0.480 e. The van der Waals surface area contributed by atoms with Crippen LogP contribution in [0.25, 0.3) is 0 Å². The van der Waals surface area contributed by atoms with Crippen molar-refractivity contribution < 1.29 is 39.6 Å². The van der Waals surface area contributed by atoms with Crippen molar-refractivity contribution in [3.63, 3.8) is 0 Å². The number of carboxylic acids is 4. The Morgan fingerprint density at radius 2 is 1.40 bits per heavy atom. The predicted molar refractivity (Wildman–Crippen MR) is 62.1 cm³/mol. The molecule has 0 fully saturated rings. The highest BCUT2D eigenvalue weighted by molar-refractivity contribution is 6.12. The molecule has 0 bridgehead atoms. The van der Waals surface area contributed by atoms with Crippen LogP contribution in [0, 0.1) is 5.92 Å². The number of benzene rings is 1. The standard InChI is InChI=1S/C12H8O8/c13-9(14)7(10(15)16)5-2-1-3-6(4-5)8(11(17)18)12(19)20/h1-4,7H,(H3-,13,14,15,16,17,18,19,20)/p+1. The first-order valence-electron chi connectivity index (χ1n) is 5.15. The molecular weight excluding hydrogens is 272 g/mol. The Kier molecular flexibility index (Phi) is 4.31. The van der Waals surface area contributed by atoms with Crippen molar-refractivity contribution in [1.82, 2.24) is 0 Å². The fourth-order valence-corrected chi connectivity index (χ4v) is 1.60. The summed E-state index contributed by atoms with van der Waals surface area (Å²) in [7, 11) is 0. The van der Waals surface area contributed by atoms with E-state index >= 15 is 0 Å². The number of hydrogen-bond donors (Lipinski definition) is 4. The molecule has 0 atom stereocenters. The summed E-state index contributed by atoms with van der Waals surface area (Å²) >= 11 is 0. The van der Waals surface area contributed by atoms with Gasteiger partial charge in [-0.05, 0) is 12.1 Å². The van der Waals surface area contributed by atoms with Gasteiger partial charge in [0.1, 0.15) is 0 Å². The molecule has 4 N–H and O–H groups in total. The molecule has 1 aromatic carbocycles. The van der Waals surface area contributed by atoms with Crippen molar-refractivity contribution in [1.29, 1.82) is 0 Å². The van der Waals surface area contributed by atoms with Crippen LogP contribution >= 0.6 is 0 Å². The molecule has 0 spiro atoms. The van der Waals surface area contributed by atoms with Crippen molar-refractivity contribution in [3.8, 4) is 0 Å². The molecule has 0 aliphatic carbocycles. The van der Waals surface area contributed by atoms with Gasteiger partial charge >= 0.3 is 23.9 Å². The number of aliphatic carboxylic acids is 4. The highest BCUT2D eigenvalue weighted by Gasteiger charge is 2.38. The van der Waals surface area contributed by atoms with Gasteiger partial charge in [-0.2, -0.15) is 0 Å². The van der Waals surface area contributed by atoms with Gasteiger partial charge in [0.2, 0.25) is 0 Å².